The van der Waals surface area contributed by atoms with E-state index in [9.17, 15) is 13.2 Å². The number of fused-ring (bicyclic) bond motifs is 4. The molecule has 0 aromatic heterocycles. The summed E-state index contributed by atoms with van der Waals surface area (Å²) in [4.78, 5) is 15.9. The third kappa shape index (κ3) is 6.92. The van der Waals surface area contributed by atoms with Crippen LogP contribution in [-0.4, -0.2) is 65.7 Å². The van der Waals surface area contributed by atoms with E-state index in [1.807, 2.05) is 25.1 Å². The van der Waals surface area contributed by atoms with E-state index in [1.54, 1.807) is 13.2 Å². The van der Waals surface area contributed by atoms with Gasteiger partial charge in [-0.15, -0.1) is 0 Å². The second-order valence-corrected chi connectivity index (χ2v) is 15.6. The molecule has 1 amide bonds. The normalized spacial score (nSPS) is 30.2. The highest BCUT2D eigenvalue weighted by Crippen LogP contribution is 2.46. The summed E-state index contributed by atoms with van der Waals surface area (Å²) in [6, 6.07) is 11.6. The fourth-order valence-corrected chi connectivity index (χ4v) is 9.22. The number of carbonyl (C=O) groups excluding carboxylic acids is 1. The molecule has 1 spiro atoms. The van der Waals surface area contributed by atoms with Gasteiger partial charge < -0.3 is 19.1 Å². The van der Waals surface area contributed by atoms with E-state index in [4.69, 9.17) is 25.8 Å². The number of amides is 1. The van der Waals surface area contributed by atoms with Gasteiger partial charge in [-0.25, -0.2) is 13.1 Å². The maximum atomic E-state index is 13.5. The van der Waals surface area contributed by atoms with E-state index in [1.165, 1.54) is 11.1 Å². The molecule has 1 N–H and O–H groups in total. The van der Waals surface area contributed by atoms with Crippen molar-refractivity contribution in [1.29, 1.82) is 0 Å². The second kappa shape index (κ2) is 13.6. The number of carbonyl (C=O) groups is 1. The SMILES string of the molecule is CC[C@@H]1CC[C@@H](OCCOC)/C=C\[C@@H]2CC[C@H]2CN2C[C@@]3(CCCc4cc(Cl)ccc43)COc3ccc(cc32)C(=O)NS1(=O)=O. The van der Waals surface area contributed by atoms with Crippen LogP contribution in [0.5, 0.6) is 5.75 Å². The molecule has 2 aromatic rings. The first-order valence-corrected chi connectivity index (χ1v) is 18.3. The number of methoxy groups -OCH3 is 1. The lowest BCUT2D eigenvalue weighted by molar-refractivity contribution is 0.0345. The van der Waals surface area contributed by atoms with Crippen LogP contribution in [0.15, 0.2) is 48.6 Å². The number of ether oxygens (including phenoxy) is 3. The number of hydrogen-bond acceptors (Lipinski definition) is 7. The van der Waals surface area contributed by atoms with Gasteiger partial charge in [0.05, 0.1) is 36.9 Å². The molecular weight excluding hydrogens is 612 g/mol. The van der Waals surface area contributed by atoms with Crippen LogP contribution in [-0.2, 0) is 31.3 Å². The number of halogens is 1. The minimum Gasteiger partial charge on any atom is -0.490 e. The Balaban J connectivity index is 1.38. The van der Waals surface area contributed by atoms with Gasteiger partial charge in [0.25, 0.3) is 5.91 Å². The van der Waals surface area contributed by atoms with E-state index >= 15 is 0 Å². The molecule has 0 radical (unpaired) electrons. The number of benzene rings is 2. The Bertz CT molecular complexity index is 1530. The van der Waals surface area contributed by atoms with E-state index in [0.29, 0.717) is 56.5 Å². The Hall–Kier alpha value is -2.59. The van der Waals surface area contributed by atoms with Crippen LogP contribution in [0.25, 0.3) is 0 Å². The molecule has 0 saturated heterocycles. The Morgan fingerprint density at radius 3 is 2.73 bits per heavy atom. The Labute approximate surface area is 272 Å². The third-order valence-electron chi connectivity index (χ3n) is 10.3. The molecular formula is C35H45ClN2O6S. The van der Waals surface area contributed by atoms with Crippen LogP contribution >= 0.6 is 11.6 Å². The fourth-order valence-electron chi connectivity index (χ4n) is 7.60. The number of anilines is 1. The first-order chi connectivity index (χ1) is 21.7. The monoisotopic (exact) mass is 656 g/mol. The van der Waals surface area contributed by atoms with Crippen molar-refractivity contribution in [3.05, 3.63) is 70.3 Å². The number of rotatable bonds is 5. The van der Waals surface area contributed by atoms with Crippen LogP contribution in [0.2, 0.25) is 5.02 Å². The molecule has 1 fully saturated rings. The maximum absolute atomic E-state index is 13.5. The highest BCUT2D eigenvalue weighted by Gasteiger charge is 2.43. The van der Waals surface area contributed by atoms with E-state index < -0.39 is 21.2 Å². The van der Waals surface area contributed by atoms with E-state index in [-0.39, 0.29) is 11.5 Å². The van der Waals surface area contributed by atoms with Crippen molar-refractivity contribution >= 4 is 33.2 Å². The summed E-state index contributed by atoms with van der Waals surface area (Å²) in [7, 11) is -2.28. The van der Waals surface area contributed by atoms with Crippen LogP contribution in [0.3, 0.4) is 0 Å². The molecule has 5 atom stereocenters. The molecule has 10 heteroatoms. The highest BCUT2D eigenvalue weighted by atomic mass is 35.5. The summed E-state index contributed by atoms with van der Waals surface area (Å²) in [5, 5.41) is 0.0336. The number of sulfonamides is 1. The lowest BCUT2D eigenvalue weighted by Gasteiger charge is -2.44. The molecule has 8 nitrogen and oxygen atoms in total. The summed E-state index contributed by atoms with van der Waals surface area (Å²) in [5.41, 5.74) is 3.48. The topological polar surface area (TPSA) is 94.2 Å². The van der Waals surface area contributed by atoms with Crippen LogP contribution in [0.4, 0.5) is 5.69 Å². The van der Waals surface area contributed by atoms with Gasteiger partial charge in [-0.1, -0.05) is 36.7 Å². The summed E-state index contributed by atoms with van der Waals surface area (Å²) in [6.45, 7) is 4.82. The van der Waals surface area contributed by atoms with Gasteiger partial charge in [-0.05, 0) is 105 Å². The molecule has 2 aliphatic heterocycles. The van der Waals surface area contributed by atoms with Crippen molar-refractivity contribution in [3.63, 3.8) is 0 Å². The molecule has 6 rings (SSSR count). The standard InChI is InChI=1S/C35H45ClN2O6S/c1-3-30-13-12-29(43-18-17-42-2)11-8-24-6-7-27(24)21-38-22-35(16-4-5-25-19-28(36)10-14-31(25)35)23-44-33-15-9-26(20-32(33)38)34(39)37-45(30,40)41/h8-11,14-15,19-20,24,27,29-30H,3-7,12-13,16-18,21-23H2,1-2H3,(H,37,39)/b11-8-/t24-,27-,29-,30+,35-/m0/s1. The zero-order valence-electron chi connectivity index (χ0n) is 26.3. The smallest absolute Gasteiger partial charge is 0.264 e. The molecule has 0 unspecified atom stereocenters. The van der Waals surface area contributed by atoms with Gasteiger partial charge in [-0.3, -0.25) is 4.79 Å². The third-order valence-corrected chi connectivity index (χ3v) is 12.5. The minimum absolute atomic E-state index is 0.228. The predicted octanol–water partition coefficient (Wildman–Crippen LogP) is 6.06. The number of nitrogens with zero attached hydrogens (tertiary/aromatic N) is 1. The van der Waals surface area contributed by atoms with Crippen molar-refractivity contribution in [3.8, 4) is 5.75 Å². The Morgan fingerprint density at radius 1 is 1.09 bits per heavy atom. The van der Waals surface area contributed by atoms with Gasteiger partial charge in [0.15, 0.2) is 0 Å². The molecule has 1 saturated carbocycles. The van der Waals surface area contributed by atoms with Gasteiger partial charge in [0.1, 0.15) is 5.75 Å². The van der Waals surface area contributed by atoms with E-state index in [0.717, 1.165) is 61.7 Å². The Morgan fingerprint density at radius 2 is 1.96 bits per heavy atom. The molecule has 2 aromatic carbocycles. The van der Waals surface area contributed by atoms with Crippen molar-refractivity contribution in [2.24, 2.45) is 11.8 Å². The largest absolute Gasteiger partial charge is 0.490 e. The quantitative estimate of drug-likeness (QED) is 0.309. The van der Waals surface area contributed by atoms with Gasteiger partial charge in [-0.2, -0.15) is 0 Å². The minimum atomic E-state index is -3.92. The second-order valence-electron chi connectivity index (χ2n) is 13.2. The zero-order chi connectivity index (χ0) is 31.6. The van der Waals surface area contributed by atoms with Crippen molar-refractivity contribution in [2.75, 3.05) is 44.9 Å². The predicted molar refractivity (Wildman–Crippen MR) is 177 cm³/mol. The number of aryl methyl sites for hydroxylation is 1. The zero-order valence-corrected chi connectivity index (χ0v) is 27.9. The van der Waals surface area contributed by atoms with Crippen LogP contribution in [0.1, 0.15) is 73.4 Å². The van der Waals surface area contributed by atoms with Crippen molar-refractivity contribution in [2.45, 2.75) is 75.1 Å². The summed E-state index contributed by atoms with van der Waals surface area (Å²) in [6.07, 6.45) is 10.7. The summed E-state index contributed by atoms with van der Waals surface area (Å²) in [5.74, 6) is 0.933. The molecule has 244 valence electrons. The highest BCUT2D eigenvalue weighted by molar-refractivity contribution is 7.90. The average molecular weight is 657 g/mol. The summed E-state index contributed by atoms with van der Waals surface area (Å²) < 4.78 is 47.2. The Kier molecular flexibility index (Phi) is 9.81. The molecule has 4 aliphatic rings. The molecule has 2 aliphatic carbocycles. The summed E-state index contributed by atoms with van der Waals surface area (Å²) >= 11 is 6.42. The number of nitrogens with one attached hydrogen (secondary N) is 1. The van der Waals surface area contributed by atoms with Gasteiger partial charge in [0, 0.05) is 36.2 Å². The lowest BCUT2D eigenvalue weighted by atomic mass is 9.69. The van der Waals surface area contributed by atoms with Crippen LogP contribution in [0, 0.1) is 11.8 Å². The average Bonchev–Trinajstić information content (AvgIpc) is 3.15. The fraction of sp³-hybridized carbons (Fsp3) is 0.571. The molecule has 2 heterocycles. The first kappa shape index (κ1) is 32.4. The van der Waals surface area contributed by atoms with Gasteiger partial charge in [0.2, 0.25) is 10.0 Å². The van der Waals surface area contributed by atoms with Crippen molar-refractivity contribution in [1.82, 2.24) is 4.72 Å². The molecule has 45 heavy (non-hydrogen) atoms. The lowest BCUT2D eigenvalue weighted by Crippen LogP contribution is -2.48. The van der Waals surface area contributed by atoms with Crippen LogP contribution < -0.4 is 14.4 Å². The maximum Gasteiger partial charge on any atom is 0.264 e. The van der Waals surface area contributed by atoms with E-state index in [2.05, 4.69) is 33.9 Å². The number of hydrogen-bond donors (Lipinski definition) is 1. The molecule has 2 bridgehead atoms. The first-order valence-electron chi connectivity index (χ1n) is 16.4. The van der Waals surface area contributed by atoms with Gasteiger partial charge >= 0.3 is 0 Å². The van der Waals surface area contributed by atoms with Crippen molar-refractivity contribution < 1.29 is 27.4 Å². The number of allylic oxidation sites excluding steroid dienone is 1.